The fourth-order valence-corrected chi connectivity index (χ4v) is 10.9. The first-order valence-corrected chi connectivity index (χ1v) is 37.3. The van der Waals surface area contributed by atoms with Gasteiger partial charge in [-0.25, -0.2) is 38.4 Å². The van der Waals surface area contributed by atoms with Gasteiger partial charge in [-0.1, -0.05) is 70.8 Å². The van der Waals surface area contributed by atoms with Crippen molar-refractivity contribution in [3.63, 3.8) is 0 Å². The van der Waals surface area contributed by atoms with E-state index >= 15 is 0 Å². The number of amides is 12. The number of ether oxygens (including phenoxy) is 4. The summed E-state index contributed by atoms with van der Waals surface area (Å²) in [6.07, 6.45) is -7.76. The molecule has 646 valence electrons. The third-order valence-electron chi connectivity index (χ3n) is 17.2. The van der Waals surface area contributed by atoms with Crippen LogP contribution in [0.4, 0.5) is 14.4 Å². The highest BCUT2D eigenvalue weighted by Gasteiger charge is 2.41. The maximum atomic E-state index is 14.9. The smallest absolute Gasteiger partial charge is 0.481 e. The highest BCUT2D eigenvalue weighted by Crippen LogP contribution is 2.16. The molecule has 47 heteroatoms. The largest absolute Gasteiger partial charge is 0.519 e. The van der Waals surface area contributed by atoms with Crippen molar-refractivity contribution in [3.05, 3.63) is 78.2 Å². The Morgan fingerprint density at radius 1 is 0.517 bits per heavy atom. The van der Waals surface area contributed by atoms with Crippen LogP contribution in [0, 0.1) is 20.8 Å². The molecule has 0 unspecified atom stereocenters. The number of unbranched alkanes of at least 4 members (excludes halogenated alkanes) is 9. The highest BCUT2D eigenvalue weighted by molar-refractivity contribution is 6.18. The predicted molar refractivity (Wildman–Crippen MR) is 389 cm³/mol. The monoisotopic (exact) mass is 1670 g/mol. The lowest BCUT2D eigenvalue weighted by molar-refractivity contribution is -0.155. The number of alkyl halides is 1. The lowest BCUT2D eigenvalue weighted by Crippen LogP contribution is -2.62. The van der Waals surface area contributed by atoms with Gasteiger partial charge in [0.15, 0.2) is 66.5 Å². The number of aryl methyl sites for hydroxylation is 3. The molecule has 0 bridgehead atoms. The van der Waals surface area contributed by atoms with Crippen LogP contribution < -0.4 is 81.3 Å². The Kier molecular flexibility index (Phi) is 41.6. The first kappa shape index (κ1) is 96.7. The molecule has 0 aliphatic carbocycles. The van der Waals surface area contributed by atoms with Gasteiger partial charge in [-0.05, 0) is 73.1 Å². The van der Waals surface area contributed by atoms with E-state index in [0.29, 0.717) is 12.8 Å². The minimum absolute atomic E-state index is 0.00229. The van der Waals surface area contributed by atoms with Crippen molar-refractivity contribution < 1.29 is 148 Å². The molecule has 0 radical (unpaired) electrons. The lowest BCUT2D eigenvalue weighted by Gasteiger charge is -2.29. The number of carbonyl (C=O) groups is 15. The van der Waals surface area contributed by atoms with Crippen LogP contribution in [0.3, 0.4) is 0 Å². The standard InChI is InChI=1S/C69H99ClN12O34/c1-7-9-10-11-12-13-14-15-16-19-37(84)26-48(86)74-43-29-107-63(100)51(44(85)28-70)81-61(97)52(53(89)62(98)99)82-54(90)38(8-2)75-60(96)50(33(3)83)80-57(93)41(22-25-73-66(103)110-32-47-36(6)113-69(106)116-47)77-55(91)39(20-17-18-23-71-64(101)108-30-45-34(4)111-67(104)114-45)76-58(94)42(27-49(87)88)79-56(92)40(78-59(43)95)21-24-72-65(102)109-31-46-35(5)112-68(105)115-46/h8,33,37,39-44,50-53,83-85,89H,7,9-32H2,1-6H3,(H,71,101)(H,72,102)(H,73,103)(H,74,86)(H,75,96)(H,76,94)(H,77,91)(H,78,95)(H,79,92)(H,80,93)(H,81,97)(H,82,90)(H,87,88)(H,98,99)/b38-8+/t33-,37+,39-,40+,41-,42-,43-,44+,50-,51-,52-,53-/m0/s1. The molecule has 1 saturated heterocycles. The molecule has 46 nitrogen and oxygen atoms in total. The Hall–Kier alpha value is -11.6. The van der Waals surface area contributed by atoms with E-state index in [2.05, 4.69) is 54.8 Å². The summed E-state index contributed by atoms with van der Waals surface area (Å²) in [5.74, 6) is -24.3. The number of carbonyl (C=O) groups excluding carboxylic acids is 13. The van der Waals surface area contributed by atoms with E-state index in [0.717, 1.165) is 64.9 Å². The quantitative estimate of drug-likeness (QED) is 0.00919. The molecule has 12 atom stereocenters. The van der Waals surface area contributed by atoms with Crippen molar-refractivity contribution in [1.82, 2.24) is 63.8 Å². The van der Waals surface area contributed by atoms with E-state index in [1.54, 1.807) is 0 Å². The second-order valence-corrected chi connectivity index (χ2v) is 26.6. The first-order valence-electron chi connectivity index (χ1n) is 36.7. The summed E-state index contributed by atoms with van der Waals surface area (Å²) in [6.45, 7) is 3.06. The fraction of sp³-hybridized carbons (Fsp3) is 0.623. The molecule has 1 aliphatic heterocycles. The number of hydrogen-bond acceptors (Lipinski definition) is 32. The summed E-state index contributed by atoms with van der Waals surface area (Å²) in [7, 11) is 0. The van der Waals surface area contributed by atoms with Crippen LogP contribution in [0.25, 0.3) is 0 Å². The van der Waals surface area contributed by atoms with Gasteiger partial charge in [0.05, 0.1) is 37.0 Å². The third kappa shape index (κ3) is 34.2. The van der Waals surface area contributed by atoms with Gasteiger partial charge in [-0.3, -0.25) is 47.9 Å². The molecule has 4 rings (SSSR count). The molecule has 3 aromatic rings. The number of carboxylic acids is 2. The first-order chi connectivity index (χ1) is 54.9. The van der Waals surface area contributed by atoms with E-state index in [1.165, 1.54) is 20.8 Å². The van der Waals surface area contributed by atoms with Crippen LogP contribution >= 0.6 is 11.6 Å². The number of hydrogen-bond donors (Lipinski definition) is 18. The van der Waals surface area contributed by atoms with Gasteiger partial charge in [-0.15, -0.1) is 11.6 Å². The highest BCUT2D eigenvalue weighted by atomic mass is 35.5. The van der Waals surface area contributed by atoms with Gasteiger partial charge < -0.3 is 140 Å². The second kappa shape index (κ2) is 49.9. The third-order valence-corrected chi connectivity index (χ3v) is 17.5. The van der Waals surface area contributed by atoms with Crippen molar-refractivity contribution in [2.45, 2.75) is 243 Å². The van der Waals surface area contributed by atoms with Crippen LogP contribution in [0.1, 0.15) is 164 Å². The number of esters is 1. The molecule has 1 fully saturated rings. The number of halogens is 1. The average molecular weight is 1680 g/mol. The van der Waals surface area contributed by atoms with Crippen LogP contribution in [0.2, 0.25) is 0 Å². The molecule has 0 spiro atoms. The molecule has 12 amide bonds. The van der Waals surface area contributed by atoms with Crippen LogP contribution in [-0.2, 0) is 96.3 Å². The van der Waals surface area contributed by atoms with E-state index in [9.17, 15) is 117 Å². The zero-order valence-electron chi connectivity index (χ0n) is 64.2. The number of nitrogens with one attached hydrogen (secondary N) is 12. The van der Waals surface area contributed by atoms with Gasteiger partial charge >= 0.3 is 53.7 Å². The van der Waals surface area contributed by atoms with Gasteiger partial charge in [-0.2, -0.15) is 0 Å². The molecule has 18 N–H and O–H groups in total. The Bertz CT molecular complexity index is 4070. The zero-order chi connectivity index (χ0) is 86.3. The van der Waals surface area contributed by atoms with Crippen molar-refractivity contribution in [1.29, 1.82) is 0 Å². The van der Waals surface area contributed by atoms with E-state index in [-0.39, 0.29) is 60.4 Å². The Labute approximate surface area is 664 Å². The van der Waals surface area contributed by atoms with Gasteiger partial charge in [0.1, 0.15) is 54.6 Å². The van der Waals surface area contributed by atoms with Gasteiger partial charge in [0, 0.05) is 19.6 Å². The fourth-order valence-electron chi connectivity index (χ4n) is 10.8. The number of rotatable bonds is 37. The number of carboxylic acid groups (broad SMARTS) is 2. The van der Waals surface area contributed by atoms with E-state index in [4.69, 9.17) is 57.1 Å². The molecule has 4 heterocycles. The van der Waals surface area contributed by atoms with Crippen LogP contribution in [-0.4, -0.2) is 225 Å². The lowest BCUT2D eigenvalue weighted by atomic mass is 10.0. The van der Waals surface area contributed by atoms with E-state index < -0.39 is 263 Å². The van der Waals surface area contributed by atoms with Crippen molar-refractivity contribution >= 4 is 101 Å². The Balaban J connectivity index is 1.89. The number of aliphatic hydroxyl groups is 4. The minimum atomic E-state index is -2.97. The van der Waals surface area contributed by atoms with E-state index in [1.807, 2.05) is 16.0 Å². The SMILES string of the molecule is C/C=C1/NC(=O)[C@H]([C@H](C)O)NC(=O)[C@H](CCNC(=O)OCc2oc(=O)oc2C)NC(=O)[C@H](CCCCNC(=O)OCc2oc(=O)oc2C)NC(=O)[C@H](CC(=O)O)NC(=O)[C@@H](CCNC(=O)OCc2oc(=O)oc2C)NC(=O)[C@@H](NC(=O)C[C@H](O)CCCCCCCCCCC)COC(=O)[C@H]([C@H](O)CCl)NC(=O)[C@H]([C@H](O)C(=O)O)NC1=O. The number of allylic oxidation sites excluding steroid dienone is 1. The van der Waals surface area contributed by atoms with Crippen LogP contribution in [0.5, 0.6) is 0 Å². The maximum Gasteiger partial charge on any atom is 0.519 e. The molecular weight excluding hydrogens is 1580 g/mol. The second-order valence-electron chi connectivity index (χ2n) is 26.3. The number of aliphatic carboxylic acids is 2. The number of alkyl carbamates (subject to hydrolysis) is 3. The molecular formula is C69H99ClN12O34. The van der Waals surface area contributed by atoms with Crippen molar-refractivity contribution in [2.75, 3.05) is 32.1 Å². The predicted octanol–water partition coefficient (Wildman–Crippen LogP) is -2.69. The van der Waals surface area contributed by atoms with Gasteiger partial charge in [0.2, 0.25) is 47.3 Å². The summed E-state index contributed by atoms with van der Waals surface area (Å²) >= 11 is 5.94. The Morgan fingerprint density at radius 3 is 1.41 bits per heavy atom. The summed E-state index contributed by atoms with van der Waals surface area (Å²) in [6, 6.07) is -18.1. The van der Waals surface area contributed by atoms with Crippen molar-refractivity contribution in [3.8, 4) is 0 Å². The molecule has 3 aromatic heterocycles. The topological polar surface area (TPSA) is 689 Å². The maximum absolute atomic E-state index is 14.9. The Morgan fingerprint density at radius 2 is 0.957 bits per heavy atom. The van der Waals surface area contributed by atoms with Crippen molar-refractivity contribution in [2.24, 2.45) is 0 Å². The summed E-state index contributed by atoms with van der Waals surface area (Å²) in [4.78, 5) is 243. The zero-order valence-corrected chi connectivity index (χ0v) is 64.9. The summed E-state index contributed by atoms with van der Waals surface area (Å²) in [5, 5.41) is 90.2. The summed E-state index contributed by atoms with van der Waals surface area (Å²) < 4.78 is 49.3. The molecule has 0 aromatic carbocycles. The normalized spacial score (nSPS) is 20.6. The molecule has 116 heavy (non-hydrogen) atoms. The molecule has 1 aliphatic rings. The number of aliphatic hydroxyl groups excluding tert-OH is 4. The number of cyclic esters (lactones) is 1. The van der Waals surface area contributed by atoms with Gasteiger partial charge in [0.25, 0.3) is 5.91 Å². The summed E-state index contributed by atoms with van der Waals surface area (Å²) in [5.41, 5.74) is -0.924. The average Bonchev–Trinajstić information content (AvgIpc) is 1.05. The minimum Gasteiger partial charge on any atom is -0.481 e. The van der Waals surface area contributed by atoms with Crippen LogP contribution in [0.15, 0.2) is 52.7 Å². The molecule has 0 saturated carbocycles.